The number of aromatic hydroxyl groups is 1. The van der Waals surface area contributed by atoms with Gasteiger partial charge in [0.1, 0.15) is 23.4 Å². The maximum Gasteiger partial charge on any atom is 0.189 e. The van der Waals surface area contributed by atoms with Gasteiger partial charge in [0, 0.05) is 23.8 Å². The van der Waals surface area contributed by atoms with Crippen molar-refractivity contribution in [3.63, 3.8) is 0 Å². The third-order valence-corrected chi connectivity index (χ3v) is 7.05. The molecular formula is C29H31FN2O3. The Kier molecular flexibility index (Phi) is 7.00. The van der Waals surface area contributed by atoms with Crippen molar-refractivity contribution in [1.29, 1.82) is 0 Å². The lowest BCUT2D eigenvalue weighted by Crippen LogP contribution is -2.40. The summed E-state index contributed by atoms with van der Waals surface area (Å²) in [7, 11) is 0. The molecule has 3 aromatic carbocycles. The monoisotopic (exact) mass is 474 g/mol. The minimum atomic E-state index is -0.561. The first kappa shape index (κ1) is 23.4. The Balaban J connectivity index is 1.34. The number of fused-ring (bicyclic) bond motifs is 1. The van der Waals surface area contributed by atoms with Crippen molar-refractivity contribution < 1.29 is 19.0 Å². The first-order valence-electron chi connectivity index (χ1n) is 12.4. The van der Waals surface area contributed by atoms with E-state index in [9.17, 15) is 14.3 Å². The zero-order valence-electron chi connectivity index (χ0n) is 19.8. The van der Waals surface area contributed by atoms with E-state index < -0.39 is 6.04 Å². The van der Waals surface area contributed by atoms with E-state index in [0.717, 1.165) is 35.5 Å². The Bertz CT molecular complexity index is 1160. The number of piperidine rings is 1. The Morgan fingerprint density at radius 2 is 1.86 bits per heavy atom. The van der Waals surface area contributed by atoms with E-state index in [4.69, 9.17) is 4.74 Å². The number of nitrogens with one attached hydrogen (secondary N) is 1. The first-order chi connectivity index (χ1) is 17.1. The zero-order valence-corrected chi connectivity index (χ0v) is 19.8. The van der Waals surface area contributed by atoms with E-state index in [1.165, 1.54) is 31.4 Å². The molecule has 5 nitrogen and oxygen atoms in total. The molecule has 35 heavy (non-hydrogen) atoms. The molecule has 1 fully saturated rings. The molecule has 2 atom stereocenters. The number of phenols is 1. The maximum atomic E-state index is 13.8. The van der Waals surface area contributed by atoms with E-state index >= 15 is 0 Å². The second-order valence-electron chi connectivity index (χ2n) is 9.38. The second-order valence-corrected chi connectivity index (χ2v) is 9.38. The molecule has 3 aromatic rings. The largest absolute Gasteiger partial charge is 0.508 e. The van der Waals surface area contributed by atoms with Crippen LogP contribution >= 0.6 is 0 Å². The third kappa shape index (κ3) is 5.33. The van der Waals surface area contributed by atoms with E-state index in [-0.39, 0.29) is 17.3 Å². The van der Waals surface area contributed by atoms with Gasteiger partial charge < -0.3 is 20.1 Å². The van der Waals surface area contributed by atoms with Crippen LogP contribution in [-0.4, -0.2) is 36.6 Å². The van der Waals surface area contributed by atoms with Crippen LogP contribution in [0.2, 0.25) is 0 Å². The van der Waals surface area contributed by atoms with E-state index in [1.54, 1.807) is 24.3 Å². The topological polar surface area (TPSA) is 61.8 Å². The van der Waals surface area contributed by atoms with Crippen LogP contribution in [0.25, 0.3) is 0 Å². The first-order valence-corrected chi connectivity index (χ1v) is 12.4. The number of ether oxygens (including phenoxy) is 1. The lowest BCUT2D eigenvalue weighted by Gasteiger charge is -2.38. The predicted molar refractivity (Wildman–Crippen MR) is 135 cm³/mol. The normalized spacial score (nSPS) is 19.7. The van der Waals surface area contributed by atoms with Crippen molar-refractivity contribution in [3.8, 4) is 11.5 Å². The highest BCUT2D eigenvalue weighted by atomic mass is 19.1. The summed E-state index contributed by atoms with van der Waals surface area (Å²) in [4.78, 5) is 15.8. The fourth-order valence-corrected chi connectivity index (χ4v) is 5.17. The van der Waals surface area contributed by atoms with Gasteiger partial charge in [0.25, 0.3) is 0 Å². The number of nitrogens with zero attached hydrogens (tertiary/aromatic N) is 1. The fraction of sp³-hybridized carbons (Fsp3) is 0.345. The second kappa shape index (κ2) is 10.5. The molecule has 2 aliphatic heterocycles. The number of hydrogen-bond donors (Lipinski definition) is 2. The molecule has 182 valence electrons. The summed E-state index contributed by atoms with van der Waals surface area (Å²) >= 11 is 0. The molecule has 2 heterocycles. The van der Waals surface area contributed by atoms with Gasteiger partial charge in [-0.15, -0.1) is 0 Å². The number of anilines is 1. The lowest BCUT2D eigenvalue weighted by molar-refractivity contribution is 0.0954. The standard InChI is InChI=1S/C29H31FN2O3/c30-22-6-8-24(9-7-22)32-17-14-21-19-25(33)10-13-27(21)28(32)29(34)20-4-11-26(12-5-20)35-18-15-23-3-1-2-16-31-23/h4-13,19,23,28,31,33H,1-3,14-18H2. The van der Waals surface area contributed by atoms with Crippen LogP contribution in [0.15, 0.2) is 66.7 Å². The molecule has 5 rings (SSSR count). The van der Waals surface area contributed by atoms with Crippen molar-refractivity contribution in [2.45, 2.75) is 44.2 Å². The van der Waals surface area contributed by atoms with Gasteiger partial charge in [-0.25, -0.2) is 4.39 Å². The molecule has 0 amide bonds. The Labute approximate surface area is 205 Å². The summed E-state index contributed by atoms with van der Waals surface area (Å²) in [6.45, 7) is 2.32. The summed E-state index contributed by atoms with van der Waals surface area (Å²) in [6.07, 6.45) is 5.37. The van der Waals surface area contributed by atoms with Crippen LogP contribution in [0.4, 0.5) is 10.1 Å². The SMILES string of the molecule is O=C(c1ccc(OCCC2CCCCN2)cc1)C1c2ccc(O)cc2CCN1c1ccc(F)cc1. The van der Waals surface area contributed by atoms with Crippen LogP contribution < -0.4 is 15.0 Å². The molecule has 0 saturated carbocycles. The highest BCUT2D eigenvalue weighted by Gasteiger charge is 2.34. The number of ketones is 1. The van der Waals surface area contributed by atoms with E-state index in [0.29, 0.717) is 31.2 Å². The van der Waals surface area contributed by atoms with Crippen molar-refractivity contribution in [2.24, 2.45) is 0 Å². The number of carbonyl (C=O) groups excluding carboxylic acids is 1. The minimum Gasteiger partial charge on any atom is -0.508 e. The number of rotatable bonds is 7. The van der Waals surface area contributed by atoms with Gasteiger partial charge in [-0.2, -0.15) is 0 Å². The third-order valence-electron chi connectivity index (χ3n) is 7.05. The average Bonchev–Trinajstić information content (AvgIpc) is 2.89. The molecule has 1 saturated heterocycles. The maximum absolute atomic E-state index is 13.8. The van der Waals surface area contributed by atoms with E-state index in [1.807, 2.05) is 35.2 Å². The van der Waals surface area contributed by atoms with Crippen molar-refractivity contribution in [1.82, 2.24) is 5.32 Å². The molecule has 6 heteroatoms. The van der Waals surface area contributed by atoms with Crippen LogP contribution in [-0.2, 0) is 6.42 Å². The summed E-state index contributed by atoms with van der Waals surface area (Å²) in [5, 5.41) is 13.5. The highest BCUT2D eigenvalue weighted by molar-refractivity contribution is 6.03. The van der Waals surface area contributed by atoms with Crippen molar-refractivity contribution >= 4 is 11.5 Å². The van der Waals surface area contributed by atoms with Crippen LogP contribution in [0.1, 0.15) is 53.2 Å². The van der Waals surface area contributed by atoms with Gasteiger partial charge in [-0.05, 0) is 104 Å². The highest BCUT2D eigenvalue weighted by Crippen LogP contribution is 2.37. The van der Waals surface area contributed by atoms with Crippen molar-refractivity contribution in [2.75, 3.05) is 24.6 Å². The Morgan fingerprint density at radius 1 is 1.06 bits per heavy atom. The van der Waals surface area contributed by atoms with Gasteiger partial charge in [0.2, 0.25) is 0 Å². The van der Waals surface area contributed by atoms with Crippen LogP contribution in [0.3, 0.4) is 0 Å². The summed E-state index contributed by atoms with van der Waals surface area (Å²) < 4.78 is 19.5. The van der Waals surface area contributed by atoms with Gasteiger partial charge >= 0.3 is 0 Å². The number of halogens is 1. The molecule has 0 bridgehead atoms. The van der Waals surface area contributed by atoms with Crippen molar-refractivity contribution in [3.05, 3.63) is 89.2 Å². The zero-order chi connectivity index (χ0) is 24.2. The minimum absolute atomic E-state index is 0.0427. The number of carbonyl (C=O) groups is 1. The van der Waals surface area contributed by atoms with Gasteiger partial charge in [0.05, 0.1) is 6.61 Å². The summed E-state index contributed by atoms with van der Waals surface area (Å²) in [5.74, 6) is 0.588. The Hall–Kier alpha value is -3.38. The molecular weight excluding hydrogens is 443 g/mol. The molecule has 2 aliphatic rings. The average molecular weight is 475 g/mol. The van der Waals surface area contributed by atoms with Gasteiger partial charge in [-0.1, -0.05) is 12.5 Å². The number of benzene rings is 3. The van der Waals surface area contributed by atoms with E-state index in [2.05, 4.69) is 5.32 Å². The molecule has 0 radical (unpaired) electrons. The molecule has 0 aliphatic carbocycles. The summed E-state index contributed by atoms with van der Waals surface area (Å²) in [6, 6.07) is 18.7. The smallest absolute Gasteiger partial charge is 0.189 e. The fourth-order valence-electron chi connectivity index (χ4n) is 5.17. The molecule has 2 unspecified atom stereocenters. The number of phenolic OH excluding ortho intramolecular Hbond substituents is 1. The predicted octanol–water partition coefficient (Wildman–Crippen LogP) is 5.43. The molecule has 0 aromatic heterocycles. The number of hydrogen-bond acceptors (Lipinski definition) is 5. The molecule has 2 N–H and O–H groups in total. The van der Waals surface area contributed by atoms with Crippen LogP contribution in [0, 0.1) is 5.82 Å². The quantitative estimate of drug-likeness (QED) is 0.447. The number of Topliss-reactive ketones (excluding diaryl/α,β-unsaturated/α-hetero) is 1. The molecule has 0 spiro atoms. The lowest BCUT2D eigenvalue weighted by atomic mass is 9.87. The van der Waals surface area contributed by atoms with Gasteiger partial charge in [-0.3, -0.25) is 4.79 Å². The Morgan fingerprint density at radius 3 is 2.60 bits per heavy atom. The van der Waals surface area contributed by atoms with Gasteiger partial charge in [0.15, 0.2) is 5.78 Å². The summed E-state index contributed by atoms with van der Waals surface area (Å²) in [5.41, 5.74) is 3.20. The van der Waals surface area contributed by atoms with Crippen LogP contribution in [0.5, 0.6) is 11.5 Å².